The van der Waals surface area contributed by atoms with E-state index < -0.39 is 0 Å². The van der Waals surface area contributed by atoms with Crippen LogP contribution in [0.4, 0.5) is 5.82 Å². The molecule has 0 bridgehead atoms. The lowest BCUT2D eigenvalue weighted by atomic mass is 9.99. The van der Waals surface area contributed by atoms with Gasteiger partial charge in [0.15, 0.2) is 0 Å². The van der Waals surface area contributed by atoms with Crippen LogP contribution in [0.2, 0.25) is 0 Å². The van der Waals surface area contributed by atoms with Crippen molar-refractivity contribution in [1.82, 2.24) is 15.2 Å². The first-order chi connectivity index (χ1) is 12.2. The van der Waals surface area contributed by atoms with Gasteiger partial charge in [0.25, 0.3) is 5.91 Å². The number of likely N-dealkylation sites (tertiary alicyclic amines) is 1. The quantitative estimate of drug-likeness (QED) is 0.914. The molecule has 0 spiro atoms. The van der Waals surface area contributed by atoms with Gasteiger partial charge >= 0.3 is 0 Å². The second kappa shape index (κ2) is 7.32. The molecule has 3 aliphatic rings. The molecule has 0 radical (unpaired) electrons. The van der Waals surface area contributed by atoms with Crippen molar-refractivity contribution in [3.8, 4) is 0 Å². The summed E-state index contributed by atoms with van der Waals surface area (Å²) in [5.74, 6) is 1.84. The number of piperidine rings is 2. The lowest BCUT2D eigenvalue weighted by molar-refractivity contribution is 0.0909. The predicted molar refractivity (Wildman–Crippen MR) is 99.9 cm³/mol. The maximum atomic E-state index is 12.5. The molecule has 25 heavy (non-hydrogen) atoms. The van der Waals surface area contributed by atoms with E-state index in [9.17, 15) is 4.79 Å². The normalized spacial score (nSPS) is 23.6. The Morgan fingerprint density at radius 2 is 1.76 bits per heavy atom. The third-order valence-corrected chi connectivity index (χ3v) is 6.05. The second-order valence-corrected chi connectivity index (χ2v) is 8.09. The molecule has 1 saturated carbocycles. The van der Waals surface area contributed by atoms with Crippen LogP contribution in [0.3, 0.4) is 0 Å². The average Bonchev–Trinajstić information content (AvgIpc) is 3.48. The number of hydrogen-bond acceptors (Lipinski definition) is 4. The van der Waals surface area contributed by atoms with E-state index in [2.05, 4.69) is 27.0 Å². The molecule has 136 valence electrons. The molecule has 3 heterocycles. The van der Waals surface area contributed by atoms with E-state index in [1.165, 1.54) is 25.7 Å². The van der Waals surface area contributed by atoms with Crippen LogP contribution in [0.25, 0.3) is 0 Å². The molecule has 2 saturated heterocycles. The zero-order valence-electron chi connectivity index (χ0n) is 15.3. The van der Waals surface area contributed by atoms with Gasteiger partial charge in [-0.05, 0) is 56.6 Å². The van der Waals surface area contributed by atoms with Gasteiger partial charge < -0.3 is 15.1 Å². The van der Waals surface area contributed by atoms with Crippen molar-refractivity contribution in [3.05, 3.63) is 23.9 Å². The number of pyridine rings is 1. The number of nitrogens with one attached hydrogen (secondary N) is 1. The Labute approximate surface area is 150 Å². The molecular weight excluding hydrogens is 312 g/mol. The fourth-order valence-corrected chi connectivity index (χ4v) is 4.06. The third kappa shape index (κ3) is 4.14. The summed E-state index contributed by atoms with van der Waals surface area (Å²) < 4.78 is 0. The summed E-state index contributed by atoms with van der Waals surface area (Å²) >= 11 is 0. The van der Waals surface area contributed by atoms with Crippen molar-refractivity contribution in [2.24, 2.45) is 5.92 Å². The minimum atomic E-state index is 0.0242. The van der Waals surface area contributed by atoms with Gasteiger partial charge in [-0.25, -0.2) is 4.98 Å². The minimum absolute atomic E-state index is 0.0242. The summed E-state index contributed by atoms with van der Waals surface area (Å²) in [6, 6.07) is 5.08. The Hall–Kier alpha value is -1.62. The van der Waals surface area contributed by atoms with E-state index in [4.69, 9.17) is 0 Å². The van der Waals surface area contributed by atoms with Crippen molar-refractivity contribution in [3.63, 3.8) is 0 Å². The average molecular weight is 342 g/mol. The first-order valence-corrected chi connectivity index (χ1v) is 9.95. The topological polar surface area (TPSA) is 48.5 Å². The van der Waals surface area contributed by atoms with Gasteiger partial charge in [-0.3, -0.25) is 4.79 Å². The molecule has 0 atom stereocenters. The number of hydrogen-bond donors (Lipinski definition) is 1. The molecule has 1 aromatic rings. The number of nitrogens with zero attached hydrogens (tertiary/aromatic N) is 3. The molecule has 0 aromatic carbocycles. The zero-order chi connectivity index (χ0) is 17.2. The van der Waals surface area contributed by atoms with Crippen molar-refractivity contribution >= 4 is 11.7 Å². The maximum absolute atomic E-state index is 12.5. The van der Waals surface area contributed by atoms with Crippen LogP contribution in [-0.2, 0) is 0 Å². The van der Waals surface area contributed by atoms with Crippen LogP contribution < -0.4 is 10.2 Å². The lowest BCUT2D eigenvalue weighted by Crippen LogP contribution is -2.45. The Morgan fingerprint density at radius 1 is 1.04 bits per heavy atom. The van der Waals surface area contributed by atoms with Crippen molar-refractivity contribution in [2.45, 2.75) is 57.5 Å². The highest BCUT2D eigenvalue weighted by molar-refractivity contribution is 5.94. The molecule has 0 unspecified atom stereocenters. The summed E-state index contributed by atoms with van der Waals surface area (Å²) in [6.07, 6.45) is 9.06. The van der Waals surface area contributed by atoms with Crippen LogP contribution in [-0.4, -0.2) is 54.1 Å². The third-order valence-electron chi connectivity index (χ3n) is 6.05. The number of rotatable bonds is 4. The molecule has 4 rings (SSSR count). The Morgan fingerprint density at radius 3 is 2.36 bits per heavy atom. The van der Waals surface area contributed by atoms with E-state index in [1.54, 1.807) is 6.20 Å². The zero-order valence-corrected chi connectivity index (χ0v) is 15.3. The highest BCUT2D eigenvalue weighted by atomic mass is 16.1. The van der Waals surface area contributed by atoms with E-state index >= 15 is 0 Å². The smallest absolute Gasteiger partial charge is 0.253 e. The molecule has 1 aliphatic carbocycles. The number of anilines is 1. The van der Waals surface area contributed by atoms with Gasteiger partial charge in [0, 0.05) is 44.5 Å². The van der Waals surface area contributed by atoms with Gasteiger partial charge in [0.1, 0.15) is 5.82 Å². The van der Waals surface area contributed by atoms with Gasteiger partial charge in [-0.2, -0.15) is 0 Å². The predicted octanol–water partition coefficient (Wildman–Crippen LogP) is 2.67. The number of amides is 1. The van der Waals surface area contributed by atoms with Gasteiger partial charge in [0.05, 0.1) is 5.56 Å². The van der Waals surface area contributed by atoms with Crippen molar-refractivity contribution in [2.75, 3.05) is 31.1 Å². The minimum Gasteiger partial charge on any atom is -0.357 e. The van der Waals surface area contributed by atoms with Crippen LogP contribution in [0.1, 0.15) is 55.8 Å². The summed E-state index contributed by atoms with van der Waals surface area (Å²) in [5, 5.41) is 3.20. The van der Waals surface area contributed by atoms with E-state index in [1.807, 2.05) is 12.1 Å². The van der Waals surface area contributed by atoms with Gasteiger partial charge in [-0.1, -0.05) is 6.92 Å². The fraction of sp³-hybridized carbons (Fsp3) is 0.700. The molecule has 1 N–H and O–H groups in total. The summed E-state index contributed by atoms with van der Waals surface area (Å²) in [6.45, 7) is 6.70. The van der Waals surface area contributed by atoms with E-state index in [-0.39, 0.29) is 5.91 Å². The molecule has 1 aromatic heterocycles. The van der Waals surface area contributed by atoms with Crippen LogP contribution in [0.15, 0.2) is 18.3 Å². The second-order valence-electron chi connectivity index (χ2n) is 8.09. The highest BCUT2D eigenvalue weighted by Crippen LogP contribution is 2.29. The molecule has 1 amide bonds. The number of aromatic nitrogens is 1. The molecule has 5 heteroatoms. The summed E-state index contributed by atoms with van der Waals surface area (Å²) in [5.41, 5.74) is 0.679. The van der Waals surface area contributed by atoms with E-state index in [0.29, 0.717) is 11.6 Å². The summed E-state index contributed by atoms with van der Waals surface area (Å²) in [7, 11) is 0. The Kier molecular flexibility index (Phi) is 4.93. The fourth-order valence-electron chi connectivity index (χ4n) is 4.06. The van der Waals surface area contributed by atoms with Crippen LogP contribution in [0.5, 0.6) is 0 Å². The Bertz CT molecular complexity index is 582. The molecule has 3 fully saturated rings. The Balaban J connectivity index is 1.28. The molecular formula is C20H30N4O. The number of carbonyl (C=O) groups is 1. The SMILES string of the molecule is CC1CCN(c2ccc(C(=O)NC3CCN(C4CC4)CC3)cn2)CC1. The van der Waals surface area contributed by atoms with Gasteiger partial charge in [-0.15, -0.1) is 0 Å². The molecule has 5 nitrogen and oxygen atoms in total. The van der Waals surface area contributed by atoms with Crippen LogP contribution in [0, 0.1) is 5.92 Å². The molecule has 2 aliphatic heterocycles. The maximum Gasteiger partial charge on any atom is 0.253 e. The first kappa shape index (κ1) is 16.8. The highest BCUT2D eigenvalue weighted by Gasteiger charge is 2.32. The van der Waals surface area contributed by atoms with Crippen LogP contribution >= 0.6 is 0 Å². The van der Waals surface area contributed by atoms with Gasteiger partial charge in [0.2, 0.25) is 0 Å². The van der Waals surface area contributed by atoms with Crippen molar-refractivity contribution in [1.29, 1.82) is 0 Å². The van der Waals surface area contributed by atoms with Crippen molar-refractivity contribution < 1.29 is 4.79 Å². The number of carbonyl (C=O) groups excluding carboxylic acids is 1. The van der Waals surface area contributed by atoms with E-state index in [0.717, 1.165) is 56.8 Å². The lowest BCUT2D eigenvalue weighted by Gasteiger charge is -2.32. The standard InChI is InChI=1S/C20H30N4O/c1-15-6-10-24(11-7-15)19-5-2-16(14-21-19)20(25)22-17-8-12-23(13-9-17)18-3-4-18/h2,5,14-15,17-18H,3-4,6-13H2,1H3,(H,22,25). The largest absolute Gasteiger partial charge is 0.357 e. The first-order valence-electron chi connectivity index (χ1n) is 9.95. The summed E-state index contributed by atoms with van der Waals surface area (Å²) in [4.78, 5) is 21.9. The monoisotopic (exact) mass is 342 g/mol.